The van der Waals surface area contributed by atoms with Crippen LogP contribution in [0, 0.1) is 61.7 Å². The number of nitrogens with one attached hydrogen (secondary N) is 2. The van der Waals surface area contributed by atoms with Crippen LogP contribution >= 0.6 is 22.6 Å². The number of hydrogen-bond donors (Lipinski definition) is 7. The van der Waals surface area contributed by atoms with Crippen LogP contribution in [0.15, 0.2) is 115 Å². The molecule has 14 nitrogen and oxygen atoms in total. The van der Waals surface area contributed by atoms with Crippen molar-refractivity contribution in [1.29, 1.82) is 0 Å². The lowest BCUT2D eigenvalue weighted by molar-refractivity contribution is -0.183. The number of benzene rings is 4. The molecule has 2 heterocycles. The summed E-state index contributed by atoms with van der Waals surface area (Å²) in [6.45, 7) is 17.6. The van der Waals surface area contributed by atoms with Crippen molar-refractivity contribution in [2.75, 3.05) is 13.2 Å². The Morgan fingerprint density at radius 3 is 1.49 bits per heavy atom. The summed E-state index contributed by atoms with van der Waals surface area (Å²) < 4.78 is 5.60. The van der Waals surface area contributed by atoms with E-state index in [9.17, 15) is 30.0 Å². The highest BCUT2D eigenvalue weighted by Crippen LogP contribution is 2.62. The fourth-order valence-electron chi connectivity index (χ4n) is 14.2. The highest BCUT2D eigenvalue weighted by molar-refractivity contribution is 14.1. The van der Waals surface area contributed by atoms with E-state index in [0.717, 1.165) is 44.2 Å². The van der Waals surface area contributed by atoms with Crippen molar-refractivity contribution in [1.82, 2.24) is 20.8 Å². The Morgan fingerprint density at radius 2 is 1.07 bits per heavy atom. The standard InChI is InChI=1S/C32H42N2O4.C24H35IN2O4.C8H8BO2/c1-20-26-16-25(32(26,3)4)17-27(20)33-31(37)30-29(21(2)36)28(19-35)38-34(30)18-24-12-8-11-23(15-24)14-13-22-9-6-5-7-10-22;1-13-18-9-16(24(18,3)4)10-19(13)26-23(30)22-21(14(2)29)20(12-28)31-27(22)11-15-6-5-7-17(25)8-15;10-9-11-7-6-8-4-2-1-3-5-8/h5-15,20-21,25-30,35-36H,16-19H2,1-4H3,(H,33,37);5-8,13-14,16,18-22,28-29H,9-12H2,1-4H3,(H,26,30);1-7,10H/b14-13+;;7-6+/t20-,21-,25+,26-,27-,28-,29+,30-;13-,14-,16+,18-,19-,20-,21+,22-;/m00./s1. The summed E-state index contributed by atoms with van der Waals surface area (Å²) in [6.07, 6.45) is 9.00. The first kappa shape index (κ1) is 61.6. The lowest BCUT2D eigenvalue weighted by Gasteiger charge is -2.62. The zero-order valence-corrected chi connectivity index (χ0v) is 49.9. The van der Waals surface area contributed by atoms with E-state index in [0.29, 0.717) is 67.1 Å². The van der Waals surface area contributed by atoms with Crippen LogP contribution in [0.5, 0.6) is 0 Å². The molecule has 6 aliphatic carbocycles. The third kappa shape index (κ3) is 14.1. The van der Waals surface area contributed by atoms with E-state index in [1.54, 1.807) is 30.0 Å². The summed E-state index contributed by atoms with van der Waals surface area (Å²) in [5.41, 5.74) is 5.94. The molecule has 4 bridgehead atoms. The highest BCUT2D eigenvalue weighted by atomic mass is 127. The van der Waals surface area contributed by atoms with Crippen LogP contribution in [0.2, 0.25) is 0 Å². The Bertz CT molecular complexity index is 2710. The molecular formula is C64H85BIN4O10. The number of amides is 2. The van der Waals surface area contributed by atoms with Crippen LogP contribution < -0.4 is 10.6 Å². The molecule has 80 heavy (non-hydrogen) atoms. The van der Waals surface area contributed by atoms with Gasteiger partial charge in [0.1, 0.15) is 24.3 Å². The molecule has 8 aliphatic rings. The van der Waals surface area contributed by atoms with E-state index in [1.165, 1.54) is 19.1 Å². The fraction of sp³-hybridized carbons (Fsp3) is 0.531. The number of hydrogen-bond acceptors (Lipinski definition) is 12. The number of rotatable bonds is 17. The number of nitrogens with zero attached hydrogens (tertiary/aromatic N) is 2. The van der Waals surface area contributed by atoms with E-state index >= 15 is 0 Å². The summed E-state index contributed by atoms with van der Waals surface area (Å²) in [4.78, 5) is 39.5. The van der Waals surface area contributed by atoms with Crippen molar-refractivity contribution < 1.29 is 49.4 Å². The first-order valence-corrected chi connectivity index (χ1v) is 29.8. The molecule has 16 heteroatoms. The number of carbonyl (C=O) groups excluding carboxylic acids is 2. The second-order valence-corrected chi connectivity index (χ2v) is 25.8. The monoisotopic (exact) mass is 1210 g/mol. The number of aliphatic hydroxyl groups excluding tert-OH is 4. The van der Waals surface area contributed by atoms with E-state index in [-0.39, 0.29) is 37.1 Å². The van der Waals surface area contributed by atoms with Gasteiger partial charge in [-0.1, -0.05) is 151 Å². The summed E-state index contributed by atoms with van der Waals surface area (Å²) in [5, 5.41) is 59.2. The van der Waals surface area contributed by atoms with Gasteiger partial charge in [-0.3, -0.25) is 19.3 Å². The van der Waals surface area contributed by atoms with Gasteiger partial charge in [-0.25, -0.2) is 0 Å². The van der Waals surface area contributed by atoms with Crippen molar-refractivity contribution in [3.05, 3.63) is 147 Å². The topological polar surface area (TPSA) is 194 Å². The number of hydroxylamine groups is 4. The predicted octanol–water partition coefficient (Wildman–Crippen LogP) is 8.67. The van der Waals surface area contributed by atoms with Crippen LogP contribution in [0.1, 0.15) is 109 Å². The maximum atomic E-state index is 13.8. The van der Waals surface area contributed by atoms with Crippen molar-refractivity contribution in [3.8, 4) is 0 Å². The van der Waals surface area contributed by atoms with Gasteiger partial charge in [0.05, 0.1) is 44.8 Å². The van der Waals surface area contributed by atoms with Crippen LogP contribution in [-0.2, 0) is 37.0 Å². The molecule has 431 valence electrons. The summed E-state index contributed by atoms with van der Waals surface area (Å²) in [5.74, 6) is 2.13. The molecule has 16 atom stereocenters. The first-order valence-electron chi connectivity index (χ1n) is 28.7. The van der Waals surface area contributed by atoms with Gasteiger partial charge in [0.25, 0.3) is 0 Å². The molecule has 6 saturated carbocycles. The Hall–Kier alpha value is -4.47. The minimum absolute atomic E-state index is 0.108. The molecule has 12 rings (SSSR count). The van der Waals surface area contributed by atoms with Gasteiger partial charge in [-0.05, 0) is 154 Å². The molecular weight excluding hydrogens is 1120 g/mol. The van der Waals surface area contributed by atoms with Crippen molar-refractivity contribution in [2.45, 2.75) is 143 Å². The molecule has 4 aromatic carbocycles. The van der Waals surface area contributed by atoms with Gasteiger partial charge in [0, 0.05) is 27.5 Å². The molecule has 2 aliphatic heterocycles. The maximum absolute atomic E-state index is 13.8. The largest absolute Gasteiger partial charge is 0.569 e. The summed E-state index contributed by atoms with van der Waals surface area (Å²) in [7, 11) is 0.638. The lowest BCUT2D eigenvalue weighted by atomic mass is 9.45. The maximum Gasteiger partial charge on any atom is 0.569 e. The van der Waals surface area contributed by atoms with E-state index in [2.05, 4.69) is 116 Å². The zero-order valence-electron chi connectivity index (χ0n) is 47.7. The zero-order chi connectivity index (χ0) is 57.5. The van der Waals surface area contributed by atoms with Crippen molar-refractivity contribution >= 4 is 60.3 Å². The number of carbonyl (C=O) groups is 2. The van der Waals surface area contributed by atoms with Crippen molar-refractivity contribution in [2.24, 2.45) is 58.2 Å². The molecule has 4 aromatic rings. The second-order valence-electron chi connectivity index (χ2n) is 24.5. The SMILES string of the molecule is C[C@@H]1[C@@H](NC(=O)[C@@H]2[C@H]([C@H](C)O)[C@H](CO)ON2Cc2cccc(/C=C/c3ccccc3)c2)C[C@H]2C[C@@H]1C2(C)C.C[C@@H]1[C@@H](NC(=O)[C@@H]2[C@H]([C@H](C)O)[C@H](CO)ON2Cc2cccc(I)c2)C[C@H]2C[C@@H]1C2(C)C.O[B]O/C=C/c1ccccc1. The van der Waals surface area contributed by atoms with Gasteiger partial charge in [0.15, 0.2) is 0 Å². The van der Waals surface area contributed by atoms with Crippen LogP contribution in [0.4, 0.5) is 0 Å². The second kappa shape index (κ2) is 27.3. The minimum atomic E-state index is -0.802. The molecule has 0 aromatic heterocycles. The molecule has 7 N–H and O–H groups in total. The van der Waals surface area contributed by atoms with E-state index in [1.807, 2.05) is 84.9 Å². The molecule has 0 spiro atoms. The smallest absolute Gasteiger partial charge is 0.543 e. The third-order valence-electron chi connectivity index (χ3n) is 19.1. The Balaban J connectivity index is 0.000000179. The number of fused-ring (bicyclic) bond motifs is 4. The van der Waals surface area contributed by atoms with Crippen LogP contribution in [-0.4, -0.2) is 117 Å². The van der Waals surface area contributed by atoms with E-state index in [4.69, 9.17) is 14.7 Å². The van der Waals surface area contributed by atoms with Gasteiger partial charge in [-0.15, -0.1) is 0 Å². The van der Waals surface area contributed by atoms with Gasteiger partial charge in [0.2, 0.25) is 11.8 Å². The Morgan fingerprint density at radius 1 is 0.650 bits per heavy atom. The van der Waals surface area contributed by atoms with Crippen LogP contribution in [0.3, 0.4) is 0 Å². The highest BCUT2D eigenvalue weighted by Gasteiger charge is 2.59. The summed E-state index contributed by atoms with van der Waals surface area (Å²) in [6, 6.07) is 35.0. The molecule has 2 saturated heterocycles. The molecule has 8 fully saturated rings. The Labute approximate surface area is 488 Å². The summed E-state index contributed by atoms with van der Waals surface area (Å²) >= 11 is 2.27. The molecule has 2 amide bonds. The number of aliphatic hydroxyl groups is 4. The fourth-order valence-corrected chi connectivity index (χ4v) is 14.8. The molecule has 1 radical (unpaired) electrons. The molecule has 0 unspecified atom stereocenters. The normalized spacial score (nSPS) is 31.8. The van der Waals surface area contributed by atoms with E-state index < -0.39 is 48.3 Å². The quantitative estimate of drug-likeness (QED) is 0.0231. The van der Waals surface area contributed by atoms with Gasteiger partial charge in [-0.2, -0.15) is 10.1 Å². The third-order valence-corrected chi connectivity index (χ3v) is 19.8. The average molecular weight is 1210 g/mol. The first-order chi connectivity index (χ1) is 38.2. The van der Waals surface area contributed by atoms with Gasteiger partial charge < -0.3 is 40.7 Å². The Kier molecular flexibility index (Phi) is 21.0. The lowest BCUT2D eigenvalue weighted by Crippen LogP contribution is -2.62. The van der Waals surface area contributed by atoms with Crippen LogP contribution in [0.25, 0.3) is 18.2 Å². The minimum Gasteiger partial charge on any atom is -0.543 e. The van der Waals surface area contributed by atoms with Crippen molar-refractivity contribution in [3.63, 3.8) is 0 Å². The predicted molar refractivity (Wildman–Crippen MR) is 321 cm³/mol. The average Bonchev–Trinajstić information content (AvgIpc) is 4.03. The number of halogens is 1. The van der Waals surface area contributed by atoms with Gasteiger partial charge >= 0.3 is 7.69 Å².